The fourth-order valence-corrected chi connectivity index (χ4v) is 2.27. The van der Waals surface area contributed by atoms with E-state index in [0.717, 1.165) is 17.9 Å². The van der Waals surface area contributed by atoms with E-state index in [1.807, 2.05) is 0 Å². The zero-order chi connectivity index (χ0) is 20.7. The van der Waals surface area contributed by atoms with Crippen LogP contribution < -0.4 is 11.2 Å². The molecule has 8 nitrogen and oxygen atoms in total. The average Bonchev–Trinajstić information content (AvgIpc) is 2.65. The van der Waals surface area contributed by atoms with Crippen molar-refractivity contribution in [2.45, 2.75) is 58.0 Å². The van der Waals surface area contributed by atoms with E-state index in [1.54, 1.807) is 12.3 Å². The summed E-state index contributed by atoms with van der Waals surface area (Å²) in [6.07, 6.45) is 5.87. The van der Waals surface area contributed by atoms with Crippen molar-refractivity contribution in [3.05, 3.63) is 12.3 Å². The van der Waals surface area contributed by atoms with Gasteiger partial charge in [0.1, 0.15) is 6.04 Å². The van der Waals surface area contributed by atoms with E-state index in [-0.39, 0.29) is 37.9 Å². The second kappa shape index (κ2) is 15.7. The lowest BCUT2D eigenvalue weighted by Crippen LogP contribution is -2.55. The van der Waals surface area contributed by atoms with E-state index >= 15 is 0 Å². The maximum atomic E-state index is 12.5. The Morgan fingerprint density at radius 2 is 2.07 bits per heavy atom. The number of thiol groups is 1. The van der Waals surface area contributed by atoms with Crippen LogP contribution >= 0.6 is 12.6 Å². The fourth-order valence-electron chi connectivity index (χ4n) is 2.14. The number of amides is 1. The third-order valence-electron chi connectivity index (χ3n) is 4.17. The van der Waals surface area contributed by atoms with Gasteiger partial charge < -0.3 is 20.7 Å². The maximum absolute atomic E-state index is 12.5. The average molecular weight is 406 g/mol. The van der Waals surface area contributed by atoms with Gasteiger partial charge in [-0.1, -0.05) is 20.3 Å². The molecular weight excluding hydrogens is 370 g/mol. The summed E-state index contributed by atoms with van der Waals surface area (Å²) in [6, 6.07) is -1.49. The number of carbonyl (C=O) groups excluding carboxylic acids is 1. The topological polar surface area (TPSA) is 125 Å². The minimum atomic E-state index is -1.19. The largest absolute Gasteiger partial charge is 0.502 e. The molecule has 0 aliphatic heterocycles. The standard InChI is InChI=1S/C18H35N3O5S/c1-3-14(2)8-11-26-10-5-4-6-17(23)21(20-12-15(19)13-27)16(7-9-22)18(24)25/h5,10,14-16,20,22,27H,3-4,6-9,11-13,19H2,1-2H3,(H,24,25)/t14-,15?,16-/m0/s1. The van der Waals surface area contributed by atoms with Gasteiger partial charge in [0.15, 0.2) is 0 Å². The van der Waals surface area contributed by atoms with E-state index < -0.39 is 12.0 Å². The van der Waals surface area contributed by atoms with Crippen LogP contribution in [0.2, 0.25) is 0 Å². The first-order valence-electron chi connectivity index (χ1n) is 9.39. The first kappa shape index (κ1) is 25.7. The Hall–Kier alpha value is -1.29. The van der Waals surface area contributed by atoms with Crippen LogP contribution in [0.15, 0.2) is 12.3 Å². The van der Waals surface area contributed by atoms with Crippen molar-refractivity contribution < 1.29 is 24.5 Å². The number of carboxylic acid groups (broad SMARTS) is 1. The second-order valence-corrected chi connectivity index (χ2v) is 6.88. The number of aliphatic hydroxyl groups excluding tert-OH is 1. The van der Waals surface area contributed by atoms with Gasteiger partial charge in [0.05, 0.1) is 12.9 Å². The SMILES string of the molecule is CC[C@H](C)CCOC=CCCC(=O)N(NCC(N)CS)[C@@H](CCO)C(=O)O. The van der Waals surface area contributed by atoms with Crippen molar-refractivity contribution in [3.63, 3.8) is 0 Å². The van der Waals surface area contributed by atoms with Gasteiger partial charge in [0.25, 0.3) is 0 Å². The number of carboxylic acids is 1. The highest BCUT2D eigenvalue weighted by molar-refractivity contribution is 7.80. The Bertz CT molecular complexity index is 451. The van der Waals surface area contributed by atoms with Crippen molar-refractivity contribution in [1.82, 2.24) is 10.4 Å². The van der Waals surface area contributed by atoms with E-state index in [9.17, 15) is 14.7 Å². The molecule has 0 saturated heterocycles. The molecule has 3 atom stereocenters. The molecule has 0 heterocycles. The van der Waals surface area contributed by atoms with Gasteiger partial charge in [-0.3, -0.25) is 9.80 Å². The van der Waals surface area contributed by atoms with Crippen molar-refractivity contribution >= 4 is 24.5 Å². The first-order valence-corrected chi connectivity index (χ1v) is 10.0. The molecule has 0 aliphatic rings. The van der Waals surface area contributed by atoms with Gasteiger partial charge in [-0.05, 0) is 24.8 Å². The number of allylic oxidation sites excluding steroid dienone is 1. The smallest absolute Gasteiger partial charge is 0.328 e. The molecule has 158 valence electrons. The predicted octanol–water partition coefficient (Wildman–Crippen LogP) is 1.16. The molecule has 0 aromatic carbocycles. The Balaban J connectivity index is 4.58. The van der Waals surface area contributed by atoms with Gasteiger partial charge in [0.2, 0.25) is 5.91 Å². The number of nitrogens with one attached hydrogen (secondary N) is 1. The summed E-state index contributed by atoms with van der Waals surface area (Å²) in [6.45, 7) is 4.80. The number of nitrogens with two attached hydrogens (primary N) is 1. The number of aliphatic carboxylic acids is 1. The van der Waals surface area contributed by atoms with Gasteiger partial charge in [0, 0.05) is 37.8 Å². The Morgan fingerprint density at radius 3 is 2.63 bits per heavy atom. The molecule has 5 N–H and O–H groups in total. The fraction of sp³-hybridized carbons (Fsp3) is 0.778. The summed E-state index contributed by atoms with van der Waals surface area (Å²) >= 11 is 4.07. The quantitative estimate of drug-likeness (QED) is 0.113. The van der Waals surface area contributed by atoms with Crippen molar-refractivity contribution in [2.24, 2.45) is 11.7 Å². The van der Waals surface area contributed by atoms with E-state index in [0.29, 0.717) is 24.7 Å². The Labute approximate surface area is 167 Å². The highest BCUT2D eigenvalue weighted by atomic mass is 32.1. The second-order valence-electron chi connectivity index (χ2n) is 6.52. The number of hydrogen-bond acceptors (Lipinski definition) is 7. The molecule has 27 heavy (non-hydrogen) atoms. The van der Waals surface area contributed by atoms with Crippen LogP contribution in [0.5, 0.6) is 0 Å². The molecule has 0 fully saturated rings. The molecule has 0 radical (unpaired) electrons. The molecule has 0 bridgehead atoms. The molecule has 0 aromatic heterocycles. The van der Waals surface area contributed by atoms with Crippen LogP contribution in [0.4, 0.5) is 0 Å². The summed E-state index contributed by atoms with van der Waals surface area (Å²) in [5.74, 6) is -0.564. The van der Waals surface area contributed by atoms with E-state index in [1.165, 1.54) is 0 Å². The summed E-state index contributed by atoms with van der Waals surface area (Å²) in [5.41, 5.74) is 8.55. The summed E-state index contributed by atoms with van der Waals surface area (Å²) in [4.78, 5) is 23.9. The van der Waals surface area contributed by atoms with E-state index in [4.69, 9.17) is 15.6 Å². The van der Waals surface area contributed by atoms with Gasteiger partial charge in [-0.15, -0.1) is 0 Å². The molecule has 0 rings (SSSR count). The number of rotatable bonds is 16. The molecule has 1 amide bonds. The number of carbonyl (C=O) groups is 2. The zero-order valence-corrected chi connectivity index (χ0v) is 17.2. The lowest BCUT2D eigenvalue weighted by atomic mass is 10.1. The summed E-state index contributed by atoms with van der Waals surface area (Å²) < 4.78 is 5.39. The van der Waals surface area contributed by atoms with E-state index in [2.05, 4.69) is 31.9 Å². The predicted molar refractivity (Wildman–Crippen MR) is 108 cm³/mol. The monoisotopic (exact) mass is 405 g/mol. The van der Waals surface area contributed by atoms with Crippen LogP contribution in [0.25, 0.3) is 0 Å². The molecule has 1 unspecified atom stereocenters. The number of ether oxygens (including phenoxy) is 1. The van der Waals surface area contributed by atoms with Gasteiger partial charge in [-0.2, -0.15) is 12.6 Å². The lowest BCUT2D eigenvalue weighted by Gasteiger charge is -2.30. The van der Waals surface area contributed by atoms with Crippen molar-refractivity contribution in [1.29, 1.82) is 0 Å². The third-order valence-corrected chi connectivity index (χ3v) is 4.64. The van der Waals surface area contributed by atoms with Crippen molar-refractivity contribution in [3.8, 4) is 0 Å². The Kier molecular flexibility index (Phi) is 15.0. The maximum Gasteiger partial charge on any atom is 0.328 e. The molecule has 0 aliphatic carbocycles. The molecule has 0 saturated carbocycles. The van der Waals surface area contributed by atoms with Crippen LogP contribution in [0.3, 0.4) is 0 Å². The van der Waals surface area contributed by atoms with Crippen molar-refractivity contribution in [2.75, 3.05) is 25.5 Å². The number of nitrogens with zero attached hydrogens (tertiary/aromatic N) is 1. The normalized spacial score (nSPS) is 14.7. The highest BCUT2D eigenvalue weighted by Crippen LogP contribution is 2.08. The van der Waals surface area contributed by atoms with Crippen LogP contribution in [-0.2, 0) is 14.3 Å². The summed E-state index contributed by atoms with van der Waals surface area (Å²) in [7, 11) is 0. The summed E-state index contributed by atoms with van der Waals surface area (Å²) in [5, 5.41) is 19.5. The number of hydrogen-bond donors (Lipinski definition) is 5. The van der Waals surface area contributed by atoms with Crippen LogP contribution in [0, 0.1) is 5.92 Å². The third kappa shape index (κ3) is 11.9. The Morgan fingerprint density at radius 1 is 1.37 bits per heavy atom. The molecule has 9 heteroatoms. The van der Waals surface area contributed by atoms with Gasteiger partial charge in [-0.25, -0.2) is 10.2 Å². The first-order chi connectivity index (χ1) is 12.9. The molecular formula is C18H35N3O5S. The van der Waals surface area contributed by atoms with Gasteiger partial charge >= 0.3 is 5.97 Å². The zero-order valence-electron chi connectivity index (χ0n) is 16.3. The number of aliphatic hydroxyl groups is 1. The minimum Gasteiger partial charge on any atom is -0.502 e. The van der Waals surface area contributed by atoms with Crippen LogP contribution in [-0.4, -0.2) is 64.7 Å². The lowest BCUT2D eigenvalue weighted by molar-refractivity contribution is -0.154. The highest BCUT2D eigenvalue weighted by Gasteiger charge is 2.29. The molecule has 0 aromatic rings. The number of hydrazine groups is 1. The minimum absolute atomic E-state index is 0.0707. The molecule has 0 spiro atoms. The van der Waals surface area contributed by atoms with Crippen LogP contribution in [0.1, 0.15) is 46.0 Å².